The zero-order chi connectivity index (χ0) is 18.8. The SMILES string of the molecule is Cc1nn(C)c2ncc(-c3cncc(NC4CCN(CCO)CC4)n3)cc12. The van der Waals surface area contributed by atoms with E-state index >= 15 is 0 Å². The first-order valence-electron chi connectivity index (χ1n) is 9.35. The summed E-state index contributed by atoms with van der Waals surface area (Å²) in [6.45, 7) is 4.95. The van der Waals surface area contributed by atoms with Crippen LogP contribution >= 0.6 is 0 Å². The van der Waals surface area contributed by atoms with Crippen LogP contribution in [0.5, 0.6) is 0 Å². The molecule has 1 fully saturated rings. The molecule has 0 unspecified atom stereocenters. The van der Waals surface area contributed by atoms with Crippen molar-refractivity contribution in [1.82, 2.24) is 29.6 Å². The number of nitrogens with zero attached hydrogens (tertiary/aromatic N) is 6. The van der Waals surface area contributed by atoms with E-state index in [1.807, 2.05) is 20.2 Å². The van der Waals surface area contributed by atoms with Crippen molar-refractivity contribution in [3.05, 3.63) is 30.4 Å². The molecular formula is C19H25N7O. The predicted molar refractivity (Wildman–Crippen MR) is 104 cm³/mol. The number of likely N-dealkylation sites (tertiary alicyclic amines) is 1. The van der Waals surface area contributed by atoms with Crippen molar-refractivity contribution in [1.29, 1.82) is 0 Å². The van der Waals surface area contributed by atoms with Crippen molar-refractivity contribution in [3.8, 4) is 11.3 Å². The molecule has 0 amide bonds. The number of β-amino-alcohol motifs (C(OH)–C–C–N with tert-alkyl or cyclic N) is 1. The average molecular weight is 367 g/mol. The van der Waals surface area contributed by atoms with E-state index in [0.29, 0.717) is 6.04 Å². The zero-order valence-electron chi connectivity index (χ0n) is 15.8. The number of aromatic nitrogens is 5. The monoisotopic (exact) mass is 367 g/mol. The number of aryl methyl sites for hydroxylation is 2. The van der Waals surface area contributed by atoms with Gasteiger partial charge in [0.25, 0.3) is 0 Å². The Bertz CT molecular complexity index is 931. The second kappa shape index (κ2) is 7.58. The molecule has 1 aliphatic rings. The molecule has 142 valence electrons. The van der Waals surface area contributed by atoms with E-state index in [1.54, 1.807) is 17.1 Å². The van der Waals surface area contributed by atoms with Crippen LogP contribution < -0.4 is 5.32 Å². The number of hydrogen-bond donors (Lipinski definition) is 2. The standard InChI is InChI=1S/C19H25N7O/c1-13-16-9-14(10-21-19(16)25(2)24-13)17-11-20-12-18(23-17)22-15-3-5-26(6-4-15)7-8-27/h9-12,15,27H,3-8H2,1-2H3,(H,22,23). The molecule has 1 aliphatic heterocycles. The van der Waals surface area contributed by atoms with Gasteiger partial charge in [0.1, 0.15) is 5.82 Å². The highest BCUT2D eigenvalue weighted by Gasteiger charge is 2.19. The van der Waals surface area contributed by atoms with E-state index in [0.717, 1.165) is 66.3 Å². The van der Waals surface area contributed by atoms with Gasteiger partial charge in [-0.3, -0.25) is 9.67 Å². The molecule has 0 atom stereocenters. The Balaban J connectivity index is 1.50. The molecule has 27 heavy (non-hydrogen) atoms. The van der Waals surface area contributed by atoms with E-state index in [4.69, 9.17) is 10.1 Å². The van der Waals surface area contributed by atoms with Gasteiger partial charge in [0.05, 0.1) is 30.4 Å². The van der Waals surface area contributed by atoms with Crippen molar-refractivity contribution < 1.29 is 5.11 Å². The summed E-state index contributed by atoms with van der Waals surface area (Å²) >= 11 is 0. The summed E-state index contributed by atoms with van der Waals surface area (Å²) in [6, 6.07) is 2.46. The Morgan fingerprint density at radius 3 is 2.81 bits per heavy atom. The van der Waals surface area contributed by atoms with Crippen molar-refractivity contribution >= 4 is 16.9 Å². The summed E-state index contributed by atoms with van der Waals surface area (Å²) in [6.07, 6.45) is 7.43. The van der Waals surface area contributed by atoms with Crippen LogP contribution in [0.3, 0.4) is 0 Å². The van der Waals surface area contributed by atoms with E-state index in [2.05, 4.69) is 31.3 Å². The predicted octanol–water partition coefficient (Wildman–Crippen LogP) is 1.60. The lowest BCUT2D eigenvalue weighted by molar-refractivity contribution is 0.168. The lowest BCUT2D eigenvalue weighted by Gasteiger charge is -2.32. The summed E-state index contributed by atoms with van der Waals surface area (Å²) in [5.41, 5.74) is 3.56. The van der Waals surface area contributed by atoms with Crippen LogP contribution in [0.1, 0.15) is 18.5 Å². The van der Waals surface area contributed by atoms with Gasteiger partial charge in [-0.1, -0.05) is 0 Å². The third-order valence-corrected chi connectivity index (χ3v) is 5.15. The molecule has 0 radical (unpaired) electrons. The quantitative estimate of drug-likeness (QED) is 0.708. The number of pyridine rings is 1. The van der Waals surface area contributed by atoms with Crippen LogP contribution in [0.4, 0.5) is 5.82 Å². The average Bonchev–Trinajstić information content (AvgIpc) is 2.97. The third kappa shape index (κ3) is 3.77. The zero-order valence-corrected chi connectivity index (χ0v) is 15.8. The molecule has 3 aromatic heterocycles. The van der Waals surface area contributed by atoms with E-state index in [9.17, 15) is 0 Å². The molecule has 8 heteroatoms. The molecule has 0 spiro atoms. The molecule has 4 heterocycles. The van der Waals surface area contributed by atoms with Gasteiger partial charge >= 0.3 is 0 Å². The number of hydrogen-bond acceptors (Lipinski definition) is 7. The number of nitrogens with one attached hydrogen (secondary N) is 1. The minimum Gasteiger partial charge on any atom is -0.395 e. The minimum atomic E-state index is 0.223. The van der Waals surface area contributed by atoms with Crippen LogP contribution in [0, 0.1) is 6.92 Å². The summed E-state index contributed by atoms with van der Waals surface area (Å²) in [5.74, 6) is 0.788. The van der Waals surface area contributed by atoms with Gasteiger partial charge in [0, 0.05) is 49.9 Å². The molecule has 3 aromatic rings. The fraction of sp³-hybridized carbons (Fsp3) is 0.474. The fourth-order valence-corrected chi connectivity index (χ4v) is 3.67. The third-order valence-electron chi connectivity index (χ3n) is 5.15. The minimum absolute atomic E-state index is 0.223. The highest BCUT2D eigenvalue weighted by Crippen LogP contribution is 2.24. The second-order valence-corrected chi connectivity index (χ2v) is 7.08. The first-order valence-corrected chi connectivity index (χ1v) is 9.35. The maximum absolute atomic E-state index is 9.06. The van der Waals surface area contributed by atoms with Crippen molar-refractivity contribution in [3.63, 3.8) is 0 Å². The maximum Gasteiger partial charge on any atom is 0.157 e. The van der Waals surface area contributed by atoms with Crippen molar-refractivity contribution in [2.45, 2.75) is 25.8 Å². The van der Waals surface area contributed by atoms with Gasteiger partial charge < -0.3 is 15.3 Å². The van der Waals surface area contributed by atoms with E-state index < -0.39 is 0 Å². The number of fused-ring (bicyclic) bond motifs is 1. The summed E-state index contributed by atoms with van der Waals surface area (Å²) in [7, 11) is 1.90. The number of anilines is 1. The van der Waals surface area contributed by atoms with Gasteiger partial charge in [-0.2, -0.15) is 5.10 Å². The van der Waals surface area contributed by atoms with Gasteiger partial charge in [-0.05, 0) is 25.8 Å². The first-order chi connectivity index (χ1) is 13.1. The number of piperidine rings is 1. The van der Waals surface area contributed by atoms with Gasteiger partial charge in [-0.25, -0.2) is 9.97 Å². The van der Waals surface area contributed by atoms with E-state index in [-0.39, 0.29) is 6.61 Å². The Labute approximate surface area is 158 Å². The van der Waals surface area contributed by atoms with Gasteiger partial charge in [0.15, 0.2) is 5.65 Å². The van der Waals surface area contributed by atoms with Crippen LogP contribution in [0.25, 0.3) is 22.3 Å². The van der Waals surface area contributed by atoms with E-state index in [1.165, 1.54) is 0 Å². The number of aliphatic hydroxyl groups is 1. The molecular weight excluding hydrogens is 342 g/mol. The molecule has 4 rings (SSSR count). The molecule has 0 saturated carbocycles. The summed E-state index contributed by atoms with van der Waals surface area (Å²) in [4.78, 5) is 15.9. The lowest BCUT2D eigenvalue weighted by atomic mass is 10.1. The first kappa shape index (κ1) is 17.8. The van der Waals surface area contributed by atoms with Crippen molar-refractivity contribution in [2.75, 3.05) is 31.6 Å². The van der Waals surface area contributed by atoms with Crippen LogP contribution in [-0.4, -0.2) is 67.0 Å². The Kier molecular flexibility index (Phi) is 5.00. The Morgan fingerprint density at radius 1 is 1.22 bits per heavy atom. The highest BCUT2D eigenvalue weighted by atomic mass is 16.3. The molecule has 0 bridgehead atoms. The molecule has 1 saturated heterocycles. The number of aliphatic hydroxyl groups excluding tert-OH is 1. The topological polar surface area (TPSA) is 92.0 Å². The highest BCUT2D eigenvalue weighted by molar-refractivity contribution is 5.82. The molecule has 0 aliphatic carbocycles. The van der Waals surface area contributed by atoms with Crippen molar-refractivity contribution in [2.24, 2.45) is 7.05 Å². The summed E-state index contributed by atoms with van der Waals surface area (Å²) in [5, 5.41) is 18.0. The van der Waals surface area contributed by atoms with Crippen LogP contribution in [0.2, 0.25) is 0 Å². The molecule has 0 aromatic carbocycles. The largest absolute Gasteiger partial charge is 0.395 e. The van der Waals surface area contributed by atoms with Crippen LogP contribution in [0.15, 0.2) is 24.7 Å². The van der Waals surface area contributed by atoms with Gasteiger partial charge in [0.2, 0.25) is 0 Å². The summed E-state index contributed by atoms with van der Waals surface area (Å²) < 4.78 is 1.79. The normalized spacial score (nSPS) is 16.1. The molecule has 8 nitrogen and oxygen atoms in total. The molecule has 2 N–H and O–H groups in total. The van der Waals surface area contributed by atoms with Gasteiger partial charge in [-0.15, -0.1) is 0 Å². The Morgan fingerprint density at radius 2 is 2.04 bits per heavy atom. The fourth-order valence-electron chi connectivity index (χ4n) is 3.67. The Hall–Kier alpha value is -2.58. The smallest absolute Gasteiger partial charge is 0.157 e. The second-order valence-electron chi connectivity index (χ2n) is 7.08. The number of rotatable bonds is 5. The van der Waals surface area contributed by atoms with Crippen LogP contribution in [-0.2, 0) is 7.05 Å². The maximum atomic E-state index is 9.06. The lowest BCUT2D eigenvalue weighted by Crippen LogP contribution is -2.40.